The average molecular weight is 434 g/mol. The lowest BCUT2D eigenvalue weighted by Gasteiger charge is -2.13. The fourth-order valence-electron chi connectivity index (χ4n) is 3.49. The molecule has 1 aliphatic heterocycles. The van der Waals surface area contributed by atoms with Crippen molar-refractivity contribution in [3.05, 3.63) is 64.6 Å². The number of anilines is 1. The number of allylic oxidation sites excluding steroid dienone is 1. The van der Waals surface area contributed by atoms with Crippen LogP contribution in [-0.2, 0) is 4.79 Å². The number of methoxy groups -OCH3 is 1. The van der Waals surface area contributed by atoms with Gasteiger partial charge in [-0.15, -0.1) is 11.3 Å². The van der Waals surface area contributed by atoms with Crippen LogP contribution in [0.2, 0.25) is 0 Å². The van der Waals surface area contributed by atoms with Crippen LogP contribution in [-0.4, -0.2) is 30.8 Å². The van der Waals surface area contributed by atoms with E-state index in [1.165, 1.54) is 11.3 Å². The Balaban J connectivity index is 1.53. The van der Waals surface area contributed by atoms with Crippen LogP contribution in [0.5, 0.6) is 17.2 Å². The van der Waals surface area contributed by atoms with E-state index in [1.807, 2.05) is 55.6 Å². The number of amides is 1. The maximum Gasteiger partial charge on any atom is 0.253 e. The Kier molecular flexibility index (Phi) is 6.13. The molecule has 1 N–H and O–H groups in total. The zero-order valence-corrected chi connectivity index (χ0v) is 18.5. The van der Waals surface area contributed by atoms with E-state index in [4.69, 9.17) is 9.47 Å². The Morgan fingerprint density at radius 2 is 1.87 bits per heavy atom. The number of carbonyl (C=O) groups is 1. The summed E-state index contributed by atoms with van der Waals surface area (Å²) < 4.78 is 11.3. The zero-order chi connectivity index (χ0) is 21.8. The van der Waals surface area contributed by atoms with Crippen LogP contribution in [0.15, 0.2) is 58.4 Å². The maximum atomic E-state index is 12.4. The highest BCUT2D eigenvalue weighted by Crippen LogP contribution is 2.35. The molecule has 1 aromatic heterocycles. The number of benzene rings is 2. The first kappa shape index (κ1) is 20.8. The second kappa shape index (κ2) is 9.14. The van der Waals surface area contributed by atoms with Gasteiger partial charge in [0.2, 0.25) is 0 Å². The smallest absolute Gasteiger partial charge is 0.253 e. The summed E-state index contributed by atoms with van der Waals surface area (Å²) >= 11 is 1.42. The lowest BCUT2D eigenvalue weighted by molar-refractivity contribution is -0.113. The standard InChI is InChI=1S/C24H23N3O3S/c1-15-11-20(30-19-6-4-5-18(13-19)29-3)12-16(2)22(15)21-14-31-24(26-21)27-23(28)17-7-9-25-10-8-17/h4-7,9,11-14H,8,10H2,1-3H3,(H,26,27,28). The molecule has 1 aliphatic rings. The molecule has 0 spiro atoms. The van der Waals surface area contributed by atoms with Crippen molar-refractivity contribution in [2.75, 3.05) is 19.0 Å². The third-order valence-corrected chi connectivity index (χ3v) is 5.70. The van der Waals surface area contributed by atoms with Gasteiger partial charge in [-0.2, -0.15) is 0 Å². The molecule has 3 aromatic rings. The van der Waals surface area contributed by atoms with Crippen LogP contribution >= 0.6 is 11.3 Å². The second-order valence-electron chi connectivity index (χ2n) is 7.20. The molecule has 158 valence electrons. The third kappa shape index (κ3) is 4.83. The summed E-state index contributed by atoms with van der Waals surface area (Å²) in [6.07, 6.45) is 4.07. The zero-order valence-electron chi connectivity index (χ0n) is 17.6. The van der Waals surface area contributed by atoms with E-state index in [1.54, 1.807) is 19.4 Å². The molecule has 0 saturated carbocycles. The van der Waals surface area contributed by atoms with E-state index in [0.29, 0.717) is 23.8 Å². The molecule has 7 heteroatoms. The highest BCUT2D eigenvalue weighted by Gasteiger charge is 2.16. The first-order chi connectivity index (χ1) is 15.0. The molecule has 0 fully saturated rings. The van der Waals surface area contributed by atoms with Crippen molar-refractivity contribution < 1.29 is 14.3 Å². The van der Waals surface area contributed by atoms with Gasteiger partial charge in [0.25, 0.3) is 5.91 Å². The maximum absolute atomic E-state index is 12.4. The minimum absolute atomic E-state index is 0.123. The number of carbonyl (C=O) groups excluding carboxylic acids is 1. The van der Waals surface area contributed by atoms with E-state index in [-0.39, 0.29) is 5.91 Å². The van der Waals surface area contributed by atoms with Crippen molar-refractivity contribution in [3.8, 4) is 28.5 Å². The number of nitrogens with zero attached hydrogens (tertiary/aromatic N) is 2. The Bertz CT molecular complexity index is 1160. The van der Waals surface area contributed by atoms with Crippen LogP contribution in [0, 0.1) is 13.8 Å². The van der Waals surface area contributed by atoms with Crippen LogP contribution in [0.1, 0.15) is 17.5 Å². The highest BCUT2D eigenvalue weighted by molar-refractivity contribution is 7.14. The van der Waals surface area contributed by atoms with E-state index in [9.17, 15) is 4.79 Å². The minimum Gasteiger partial charge on any atom is -0.497 e. The molecule has 4 rings (SSSR count). The SMILES string of the molecule is COc1cccc(Oc2cc(C)c(-c3csc(NC(=O)C4=CC=NCC4)n3)c(C)c2)c1. The van der Waals surface area contributed by atoms with Crippen molar-refractivity contribution in [3.63, 3.8) is 0 Å². The Morgan fingerprint density at radius 3 is 2.58 bits per heavy atom. The van der Waals surface area contributed by atoms with Crippen LogP contribution in [0.3, 0.4) is 0 Å². The average Bonchev–Trinajstić information content (AvgIpc) is 3.21. The van der Waals surface area contributed by atoms with E-state index in [2.05, 4.69) is 15.3 Å². The number of aliphatic imine (C=N–C) groups is 1. The minimum atomic E-state index is -0.123. The molecular weight excluding hydrogens is 410 g/mol. The second-order valence-corrected chi connectivity index (χ2v) is 8.06. The van der Waals surface area contributed by atoms with Crippen molar-refractivity contribution in [2.24, 2.45) is 4.99 Å². The molecule has 6 nitrogen and oxygen atoms in total. The van der Waals surface area contributed by atoms with Gasteiger partial charge < -0.3 is 9.47 Å². The molecule has 1 amide bonds. The van der Waals surface area contributed by atoms with Gasteiger partial charge in [-0.1, -0.05) is 6.07 Å². The highest BCUT2D eigenvalue weighted by atomic mass is 32.1. The molecule has 2 aromatic carbocycles. The van der Waals surface area contributed by atoms with Gasteiger partial charge in [0.05, 0.1) is 12.8 Å². The Morgan fingerprint density at radius 1 is 1.10 bits per heavy atom. The fraction of sp³-hybridized carbons (Fsp3) is 0.208. The number of dihydropyridines is 1. The molecule has 0 atom stereocenters. The van der Waals surface area contributed by atoms with Gasteiger partial charge in [-0.05, 0) is 61.7 Å². The molecule has 0 radical (unpaired) electrons. The number of hydrogen-bond donors (Lipinski definition) is 1. The first-order valence-electron chi connectivity index (χ1n) is 9.93. The van der Waals surface area contributed by atoms with Gasteiger partial charge in [0.15, 0.2) is 5.13 Å². The van der Waals surface area contributed by atoms with Crippen LogP contribution in [0.25, 0.3) is 11.3 Å². The number of aromatic nitrogens is 1. The number of aryl methyl sites for hydroxylation is 2. The number of thiazole rings is 1. The first-order valence-corrected chi connectivity index (χ1v) is 10.8. The molecule has 0 aliphatic carbocycles. The third-order valence-electron chi connectivity index (χ3n) is 4.95. The van der Waals surface area contributed by atoms with E-state index >= 15 is 0 Å². The summed E-state index contributed by atoms with van der Waals surface area (Å²) in [7, 11) is 1.63. The van der Waals surface area contributed by atoms with Crippen molar-refractivity contribution in [2.45, 2.75) is 20.3 Å². The number of hydrogen-bond acceptors (Lipinski definition) is 6. The molecular formula is C24H23N3O3S. The van der Waals surface area contributed by atoms with E-state index < -0.39 is 0 Å². The van der Waals surface area contributed by atoms with Crippen LogP contribution in [0.4, 0.5) is 5.13 Å². The van der Waals surface area contributed by atoms with Crippen molar-refractivity contribution in [1.82, 2.24) is 4.98 Å². The summed E-state index contributed by atoms with van der Waals surface area (Å²) in [5, 5.41) is 5.44. The van der Waals surface area contributed by atoms with Gasteiger partial charge >= 0.3 is 0 Å². The van der Waals surface area contributed by atoms with Gasteiger partial charge in [-0.3, -0.25) is 15.1 Å². The van der Waals surface area contributed by atoms with Crippen molar-refractivity contribution in [1.29, 1.82) is 0 Å². The van der Waals surface area contributed by atoms with Gasteiger partial charge in [-0.25, -0.2) is 4.98 Å². The number of nitrogens with one attached hydrogen (secondary N) is 1. The summed E-state index contributed by atoms with van der Waals surface area (Å²) in [4.78, 5) is 21.2. The van der Waals surface area contributed by atoms with E-state index in [0.717, 1.165) is 39.5 Å². The topological polar surface area (TPSA) is 72.8 Å². The number of rotatable bonds is 6. The summed E-state index contributed by atoms with van der Waals surface area (Å²) in [6.45, 7) is 4.71. The molecule has 2 heterocycles. The van der Waals surface area contributed by atoms with Gasteiger partial charge in [0.1, 0.15) is 17.2 Å². The fourth-order valence-corrected chi connectivity index (χ4v) is 4.18. The molecule has 31 heavy (non-hydrogen) atoms. The largest absolute Gasteiger partial charge is 0.497 e. The monoisotopic (exact) mass is 433 g/mol. The Labute approximate surface area is 185 Å². The summed E-state index contributed by atoms with van der Waals surface area (Å²) in [5.74, 6) is 2.09. The van der Waals surface area contributed by atoms with Gasteiger partial charge in [0, 0.05) is 35.3 Å². The lowest BCUT2D eigenvalue weighted by atomic mass is 10.0. The predicted octanol–water partition coefficient (Wildman–Crippen LogP) is 5.57. The summed E-state index contributed by atoms with van der Waals surface area (Å²) in [5.41, 5.74) is 4.69. The molecule has 0 unspecified atom stereocenters. The number of ether oxygens (including phenoxy) is 2. The Hall–Kier alpha value is -3.45. The summed E-state index contributed by atoms with van der Waals surface area (Å²) in [6, 6.07) is 11.5. The molecule has 0 saturated heterocycles. The quantitative estimate of drug-likeness (QED) is 0.552. The molecule has 0 bridgehead atoms. The predicted molar refractivity (Wildman–Crippen MR) is 125 cm³/mol. The lowest BCUT2D eigenvalue weighted by Crippen LogP contribution is -2.16. The van der Waals surface area contributed by atoms with Crippen LogP contribution < -0.4 is 14.8 Å². The van der Waals surface area contributed by atoms with Crippen molar-refractivity contribution >= 4 is 28.6 Å². The normalized spacial score (nSPS) is 12.9.